The van der Waals surface area contributed by atoms with E-state index in [1.54, 1.807) is 23.5 Å². The number of nitrogens with zero attached hydrogens (tertiary/aromatic N) is 2. The summed E-state index contributed by atoms with van der Waals surface area (Å²) < 4.78 is 0. The molecule has 5 nitrogen and oxygen atoms in total. The Bertz CT molecular complexity index is 683. The third-order valence-electron chi connectivity index (χ3n) is 3.73. The van der Waals surface area contributed by atoms with Gasteiger partial charge in [-0.1, -0.05) is 0 Å². The number of likely N-dealkylation sites (N-methyl/N-ethyl adjacent to an activating group) is 1. The first kappa shape index (κ1) is 16.2. The normalized spacial score (nSPS) is 12.0. The molecule has 0 bridgehead atoms. The minimum Gasteiger partial charge on any atom is -0.366 e. The van der Waals surface area contributed by atoms with Crippen LogP contribution in [-0.2, 0) is 6.42 Å². The third kappa shape index (κ3) is 3.51. The van der Waals surface area contributed by atoms with Gasteiger partial charge in [-0.15, -0.1) is 0 Å². The number of rotatable bonds is 6. The Hall–Kier alpha value is -2.21. The van der Waals surface area contributed by atoms with Gasteiger partial charge in [0.1, 0.15) is 5.69 Å². The van der Waals surface area contributed by atoms with E-state index in [0.717, 1.165) is 6.42 Å². The van der Waals surface area contributed by atoms with E-state index >= 15 is 0 Å². The largest absolute Gasteiger partial charge is 0.366 e. The highest BCUT2D eigenvalue weighted by Gasteiger charge is 2.22. The molecule has 1 unspecified atom stereocenters. The van der Waals surface area contributed by atoms with Crippen LogP contribution in [0.15, 0.2) is 35.0 Å². The van der Waals surface area contributed by atoms with Crippen LogP contribution in [0.5, 0.6) is 0 Å². The highest BCUT2D eigenvalue weighted by atomic mass is 32.1. The average molecular weight is 318 g/mol. The smallest absolute Gasteiger partial charge is 0.293 e. The minimum atomic E-state index is -0.435. The zero-order valence-electron chi connectivity index (χ0n) is 12.8. The zero-order chi connectivity index (χ0) is 16.3. The van der Waals surface area contributed by atoms with Crippen molar-refractivity contribution < 1.29 is 9.72 Å². The Labute approximate surface area is 133 Å². The molecule has 1 aromatic heterocycles. The molecule has 0 saturated carbocycles. The summed E-state index contributed by atoms with van der Waals surface area (Å²) in [5.74, 6) is -0.177. The minimum absolute atomic E-state index is 0.0348. The van der Waals surface area contributed by atoms with E-state index in [9.17, 15) is 14.9 Å². The maximum atomic E-state index is 11.4. The lowest BCUT2D eigenvalue weighted by Crippen LogP contribution is -2.31. The molecule has 0 spiro atoms. The second-order valence-electron chi connectivity index (χ2n) is 5.31. The number of ketones is 1. The van der Waals surface area contributed by atoms with E-state index in [2.05, 4.69) is 11.4 Å². The number of carbonyl (C=O) groups is 1. The number of nitro groups is 1. The fraction of sp³-hybridized carbons (Fsp3) is 0.312. The van der Waals surface area contributed by atoms with Crippen LogP contribution in [0.1, 0.15) is 29.8 Å². The Kier molecular flexibility index (Phi) is 4.92. The Morgan fingerprint density at radius 2 is 2.14 bits per heavy atom. The summed E-state index contributed by atoms with van der Waals surface area (Å²) in [6.07, 6.45) is 0.811. The van der Waals surface area contributed by atoms with E-state index < -0.39 is 4.92 Å². The van der Waals surface area contributed by atoms with Crippen molar-refractivity contribution in [2.75, 3.05) is 11.9 Å². The number of hydrogen-bond acceptors (Lipinski definition) is 5. The van der Waals surface area contributed by atoms with Gasteiger partial charge in [-0.05, 0) is 54.8 Å². The number of anilines is 1. The molecule has 0 aliphatic rings. The van der Waals surface area contributed by atoms with Gasteiger partial charge in [0, 0.05) is 24.7 Å². The Morgan fingerprint density at radius 3 is 2.68 bits per heavy atom. The first-order chi connectivity index (χ1) is 10.4. The maximum Gasteiger partial charge on any atom is 0.293 e. The van der Waals surface area contributed by atoms with Crippen LogP contribution in [0.4, 0.5) is 11.4 Å². The summed E-state index contributed by atoms with van der Waals surface area (Å²) in [6.45, 7) is 3.43. The molecule has 0 aliphatic carbocycles. The van der Waals surface area contributed by atoms with Crippen molar-refractivity contribution in [2.24, 2.45) is 0 Å². The quantitative estimate of drug-likeness (QED) is 0.460. The number of hydrogen-bond donors (Lipinski definition) is 0. The highest BCUT2D eigenvalue weighted by molar-refractivity contribution is 7.07. The van der Waals surface area contributed by atoms with Gasteiger partial charge in [0.2, 0.25) is 0 Å². The van der Waals surface area contributed by atoms with Gasteiger partial charge in [0.25, 0.3) is 5.69 Å². The predicted octanol–water partition coefficient (Wildman–Crippen LogP) is 3.93. The summed E-state index contributed by atoms with van der Waals surface area (Å²) in [4.78, 5) is 24.2. The zero-order valence-corrected chi connectivity index (χ0v) is 13.6. The molecule has 1 aromatic carbocycles. The maximum absolute atomic E-state index is 11.4. The average Bonchev–Trinajstić information content (AvgIpc) is 2.98. The van der Waals surface area contributed by atoms with E-state index in [-0.39, 0.29) is 17.5 Å². The third-order valence-corrected chi connectivity index (χ3v) is 4.46. The van der Waals surface area contributed by atoms with Crippen LogP contribution in [0.25, 0.3) is 0 Å². The van der Waals surface area contributed by atoms with E-state index in [0.29, 0.717) is 11.3 Å². The van der Waals surface area contributed by atoms with Crippen molar-refractivity contribution in [3.05, 3.63) is 56.3 Å². The molecule has 2 aromatic rings. The second kappa shape index (κ2) is 6.70. The molecule has 0 amide bonds. The first-order valence-electron chi connectivity index (χ1n) is 6.93. The molecule has 0 saturated heterocycles. The van der Waals surface area contributed by atoms with Crippen LogP contribution < -0.4 is 4.90 Å². The van der Waals surface area contributed by atoms with Crippen molar-refractivity contribution in [3.63, 3.8) is 0 Å². The highest BCUT2D eigenvalue weighted by Crippen LogP contribution is 2.30. The molecule has 6 heteroatoms. The summed E-state index contributed by atoms with van der Waals surface area (Å²) in [7, 11) is 1.84. The summed E-state index contributed by atoms with van der Waals surface area (Å²) >= 11 is 1.64. The SMILES string of the molecule is CC(=O)c1ccc(N(C)C(C)Cc2ccsc2)c([N+](=O)[O-])c1. The van der Waals surface area contributed by atoms with Crippen molar-refractivity contribution in [3.8, 4) is 0 Å². The molecule has 0 radical (unpaired) electrons. The number of benzene rings is 1. The van der Waals surface area contributed by atoms with Crippen molar-refractivity contribution in [1.82, 2.24) is 0 Å². The van der Waals surface area contributed by atoms with Gasteiger partial charge < -0.3 is 4.90 Å². The van der Waals surface area contributed by atoms with Crippen LogP contribution in [0.3, 0.4) is 0 Å². The topological polar surface area (TPSA) is 63.5 Å². The lowest BCUT2D eigenvalue weighted by Gasteiger charge is -2.26. The number of Topliss-reactive ketones (excluding diaryl/α,β-unsaturated/α-hetero) is 1. The standard InChI is InChI=1S/C16H18N2O3S/c1-11(8-13-6-7-22-10-13)17(3)15-5-4-14(12(2)19)9-16(15)18(20)21/h4-7,9-11H,8H2,1-3H3. The van der Waals surface area contributed by atoms with Crippen LogP contribution in [0, 0.1) is 10.1 Å². The van der Waals surface area contributed by atoms with Gasteiger partial charge in [-0.3, -0.25) is 14.9 Å². The Morgan fingerprint density at radius 1 is 1.41 bits per heavy atom. The molecular weight excluding hydrogens is 300 g/mol. The molecule has 1 atom stereocenters. The second-order valence-corrected chi connectivity index (χ2v) is 6.09. The molecule has 116 valence electrons. The molecule has 2 rings (SSSR count). The van der Waals surface area contributed by atoms with Gasteiger partial charge in [0.05, 0.1) is 4.92 Å². The summed E-state index contributed by atoms with van der Waals surface area (Å²) in [6, 6.07) is 6.81. The lowest BCUT2D eigenvalue weighted by molar-refractivity contribution is -0.384. The van der Waals surface area contributed by atoms with E-state index in [4.69, 9.17) is 0 Å². The van der Waals surface area contributed by atoms with Crippen LogP contribution in [0.2, 0.25) is 0 Å². The summed E-state index contributed by atoms with van der Waals surface area (Å²) in [5, 5.41) is 15.4. The van der Waals surface area contributed by atoms with Gasteiger partial charge in [0.15, 0.2) is 5.78 Å². The van der Waals surface area contributed by atoms with E-state index in [1.165, 1.54) is 18.6 Å². The van der Waals surface area contributed by atoms with Crippen molar-refractivity contribution >= 4 is 28.5 Å². The predicted molar refractivity (Wildman–Crippen MR) is 89.0 cm³/mol. The summed E-state index contributed by atoms with van der Waals surface area (Å²) in [5.41, 5.74) is 2.06. The first-order valence-corrected chi connectivity index (χ1v) is 7.87. The number of nitro benzene ring substituents is 1. The van der Waals surface area contributed by atoms with Gasteiger partial charge in [-0.2, -0.15) is 11.3 Å². The van der Waals surface area contributed by atoms with Gasteiger partial charge in [-0.25, -0.2) is 0 Å². The van der Waals surface area contributed by atoms with Crippen molar-refractivity contribution in [1.29, 1.82) is 0 Å². The van der Waals surface area contributed by atoms with Crippen molar-refractivity contribution in [2.45, 2.75) is 26.3 Å². The van der Waals surface area contributed by atoms with Gasteiger partial charge >= 0.3 is 0 Å². The number of thiophene rings is 1. The number of carbonyl (C=O) groups excluding carboxylic acids is 1. The molecule has 1 heterocycles. The molecule has 0 fully saturated rings. The molecule has 0 aliphatic heterocycles. The van der Waals surface area contributed by atoms with Crippen LogP contribution in [-0.4, -0.2) is 23.8 Å². The fourth-order valence-electron chi connectivity index (χ4n) is 2.31. The monoisotopic (exact) mass is 318 g/mol. The lowest BCUT2D eigenvalue weighted by atomic mass is 10.1. The van der Waals surface area contributed by atoms with Crippen LogP contribution >= 0.6 is 11.3 Å². The molecule has 22 heavy (non-hydrogen) atoms. The van der Waals surface area contributed by atoms with E-state index in [1.807, 2.05) is 24.3 Å². The fourth-order valence-corrected chi connectivity index (χ4v) is 2.99. The molecule has 0 N–H and O–H groups in total. The Balaban J connectivity index is 2.29. The molecular formula is C16H18N2O3S.